The minimum Gasteiger partial charge on any atom is -0.460 e. The Hall–Kier alpha value is -2.31. The third-order valence-corrected chi connectivity index (χ3v) is 2.52. The van der Waals surface area contributed by atoms with E-state index >= 15 is 0 Å². The van der Waals surface area contributed by atoms with Gasteiger partial charge in [-0.3, -0.25) is 5.10 Å². The zero-order chi connectivity index (χ0) is 13.8. The number of carbonyl (C=O) groups excluding carboxylic acids is 1. The molecule has 2 aromatic heterocycles. The number of aromatic amines is 1. The molecule has 19 heavy (non-hydrogen) atoms. The van der Waals surface area contributed by atoms with Gasteiger partial charge in [-0.05, 0) is 26.3 Å². The molecular weight excluding hydrogens is 246 g/mol. The summed E-state index contributed by atoms with van der Waals surface area (Å²) in [6.45, 7) is 5.85. The first-order valence-corrected chi connectivity index (χ1v) is 6.08. The quantitative estimate of drug-likeness (QED) is 0.834. The fourth-order valence-corrected chi connectivity index (χ4v) is 1.64. The highest BCUT2D eigenvalue weighted by Gasteiger charge is 2.16. The van der Waals surface area contributed by atoms with Crippen LogP contribution in [0.25, 0.3) is 11.4 Å². The lowest BCUT2D eigenvalue weighted by Gasteiger charge is -2.02. The zero-order valence-corrected chi connectivity index (χ0v) is 11.1. The molecule has 0 fully saturated rings. The topological polar surface area (TPSA) is 93.7 Å². The minimum absolute atomic E-state index is 0.0911. The Balaban J connectivity index is 2.37. The summed E-state index contributed by atoms with van der Waals surface area (Å²) in [4.78, 5) is 15.7. The van der Waals surface area contributed by atoms with Gasteiger partial charge in [0.15, 0.2) is 5.82 Å². The Bertz CT molecular complexity index is 594. The maximum absolute atomic E-state index is 11.5. The third-order valence-electron chi connectivity index (χ3n) is 2.52. The van der Waals surface area contributed by atoms with Gasteiger partial charge in [-0.25, -0.2) is 9.78 Å². The number of nitrogens with zero attached hydrogens (tertiary/aromatic N) is 4. The molecule has 0 saturated heterocycles. The van der Waals surface area contributed by atoms with Crippen molar-refractivity contribution in [1.29, 1.82) is 0 Å². The standard InChI is InChI=1S/C12H15N5O2/c1-4-9-8(6-7(3)14-15-9)10-13-11(17-16-10)12(18)19-5-2/h6H,4-5H2,1-3H3,(H,13,16,17). The molecule has 2 aromatic rings. The molecule has 0 aromatic carbocycles. The summed E-state index contributed by atoms with van der Waals surface area (Å²) in [6.07, 6.45) is 0.714. The van der Waals surface area contributed by atoms with E-state index in [1.807, 2.05) is 19.9 Å². The van der Waals surface area contributed by atoms with Crippen molar-refractivity contribution in [2.45, 2.75) is 27.2 Å². The van der Waals surface area contributed by atoms with Gasteiger partial charge in [0.1, 0.15) is 0 Å². The largest absolute Gasteiger partial charge is 0.460 e. The summed E-state index contributed by atoms with van der Waals surface area (Å²) in [6, 6.07) is 1.85. The lowest BCUT2D eigenvalue weighted by atomic mass is 10.1. The molecule has 0 bridgehead atoms. The van der Waals surface area contributed by atoms with E-state index in [1.54, 1.807) is 6.92 Å². The fourth-order valence-electron chi connectivity index (χ4n) is 1.64. The van der Waals surface area contributed by atoms with Crippen LogP contribution in [0.15, 0.2) is 6.07 Å². The Labute approximate surface area is 110 Å². The van der Waals surface area contributed by atoms with E-state index in [0.717, 1.165) is 17.0 Å². The number of aryl methyl sites for hydroxylation is 2. The van der Waals surface area contributed by atoms with Crippen LogP contribution in [-0.4, -0.2) is 38.0 Å². The van der Waals surface area contributed by atoms with Crippen molar-refractivity contribution in [3.8, 4) is 11.4 Å². The summed E-state index contributed by atoms with van der Waals surface area (Å²) >= 11 is 0. The first kappa shape index (κ1) is 13.1. The number of carbonyl (C=O) groups is 1. The van der Waals surface area contributed by atoms with Gasteiger partial charge < -0.3 is 4.74 Å². The van der Waals surface area contributed by atoms with Crippen LogP contribution in [-0.2, 0) is 11.2 Å². The molecule has 100 valence electrons. The molecule has 0 aliphatic carbocycles. The zero-order valence-electron chi connectivity index (χ0n) is 11.1. The Morgan fingerprint density at radius 3 is 2.84 bits per heavy atom. The van der Waals surface area contributed by atoms with E-state index in [4.69, 9.17) is 4.74 Å². The third kappa shape index (κ3) is 2.75. The smallest absolute Gasteiger partial charge is 0.375 e. The summed E-state index contributed by atoms with van der Waals surface area (Å²) in [5.41, 5.74) is 2.34. The highest BCUT2D eigenvalue weighted by atomic mass is 16.5. The SMILES string of the molecule is CCOC(=O)c1nc(-c2cc(C)nnc2CC)n[nH]1. The Morgan fingerprint density at radius 1 is 1.37 bits per heavy atom. The number of ether oxygens (including phenoxy) is 1. The number of esters is 1. The predicted molar refractivity (Wildman–Crippen MR) is 67.5 cm³/mol. The van der Waals surface area contributed by atoms with Crippen LogP contribution < -0.4 is 0 Å². The van der Waals surface area contributed by atoms with Crippen molar-refractivity contribution in [2.75, 3.05) is 6.61 Å². The van der Waals surface area contributed by atoms with Crippen LogP contribution in [0.5, 0.6) is 0 Å². The highest BCUT2D eigenvalue weighted by molar-refractivity contribution is 5.85. The van der Waals surface area contributed by atoms with E-state index in [-0.39, 0.29) is 5.82 Å². The average molecular weight is 261 g/mol. The molecule has 0 radical (unpaired) electrons. The van der Waals surface area contributed by atoms with Gasteiger partial charge in [0.2, 0.25) is 5.82 Å². The van der Waals surface area contributed by atoms with Crippen molar-refractivity contribution in [1.82, 2.24) is 25.4 Å². The van der Waals surface area contributed by atoms with E-state index < -0.39 is 5.97 Å². The van der Waals surface area contributed by atoms with E-state index in [9.17, 15) is 4.79 Å². The van der Waals surface area contributed by atoms with Crippen molar-refractivity contribution >= 4 is 5.97 Å². The maximum Gasteiger partial charge on any atom is 0.375 e. The molecule has 7 heteroatoms. The molecule has 0 unspecified atom stereocenters. The van der Waals surface area contributed by atoms with Gasteiger partial charge in [0, 0.05) is 5.56 Å². The Morgan fingerprint density at radius 2 is 2.16 bits per heavy atom. The normalized spacial score (nSPS) is 10.5. The van der Waals surface area contributed by atoms with E-state index in [2.05, 4.69) is 25.4 Å². The second-order valence-electron chi connectivity index (χ2n) is 3.93. The fraction of sp³-hybridized carbons (Fsp3) is 0.417. The molecular formula is C12H15N5O2. The van der Waals surface area contributed by atoms with Gasteiger partial charge in [-0.1, -0.05) is 6.92 Å². The molecule has 0 aliphatic rings. The summed E-state index contributed by atoms with van der Waals surface area (Å²) in [5, 5.41) is 14.7. The van der Waals surface area contributed by atoms with Crippen molar-refractivity contribution in [3.05, 3.63) is 23.3 Å². The van der Waals surface area contributed by atoms with E-state index in [1.165, 1.54) is 0 Å². The van der Waals surface area contributed by atoms with Crippen LogP contribution in [0.4, 0.5) is 0 Å². The summed E-state index contributed by atoms with van der Waals surface area (Å²) < 4.78 is 4.86. The first-order valence-electron chi connectivity index (χ1n) is 6.08. The van der Waals surface area contributed by atoms with Gasteiger partial charge in [0.25, 0.3) is 0 Å². The molecule has 0 aliphatic heterocycles. The minimum atomic E-state index is -0.516. The number of nitrogens with one attached hydrogen (secondary N) is 1. The number of aromatic nitrogens is 5. The number of hydrogen-bond acceptors (Lipinski definition) is 6. The molecule has 0 spiro atoms. The van der Waals surface area contributed by atoms with Gasteiger partial charge >= 0.3 is 5.97 Å². The van der Waals surface area contributed by atoms with Crippen LogP contribution in [0.3, 0.4) is 0 Å². The molecule has 0 amide bonds. The molecule has 0 saturated carbocycles. The van der Waals surface area contributed by atoms with E-state index in [0.29, 0.717) is 18.9 Å². The second-order valence-corrected chi connectivity index (χ2v) is 3.93. The van der Waals surface area contributed by atoms with Gasteiger partial charge in [-0.2, -0.15) is 15.3 Å². The first-order chi connectivity index (χ1) is 9.15. The summed E-state index contributed by atoms with van der Waals surface area (Å²) in [7, 11) is 0. The van der Waals surface area contributed by atoms with Gasteiger partial charge in [-0.15, -0.1) is 0 Å². The van der Waals surface area contributed by atoms with Crippen LogP contribution in [0.2, 0.25) is 0 Å². The summed E-state index contributed by atoms with van der Waals surface area (Å²) in [5.74, 6) is 0.00399. The Kier molecular flexibility index (Phi) is 3.84. The van der Waals surface area contributed by atoms with Gasteiger partial charge in [0.05, 0.1) is 18.0 Å². The number of rotatable bonds is 4. The maximum atomic E-state index is 11.5. The molecule has 7 nitrogen and oxygen atoms in total. The second kappa shape index (κ2) is 5.55. The molecule has 1 N–H and O–H groups in total. The van der Waals surface area contributed by atoms with Crippen LogP contribution in [0.1, 0.15) is 35.9 Å². The number of hydrogen-bond donors (Lipinski definition) is 1. The molecule has 2 rings (SSSR count). The van der Waals surface area contributed by atoms with Crippen molar-refractivity contribution in [2.24, 2.45) is 0 Å². The van der Waals surface area contributed by atoms with Crippen molar-refractivity contribution < 1.29 is 9.53 Å². The predicted octanol–water partition coefficient (Wildman–Crippen LogP) is 1.31. The number of H-pyrrole nitrogens is 1. The average Bonchev–Trinajstić information content (AvgIpc) is 2.88. The lowest BCUT2D eigenvalue weighted by molar-refractivity contribution is 0.0512. The lowest BCUT2D eigenvalue weighted by Crippen LogP contribution is -2.06. The van der Waals surface area contributed by atoms with Crippen LogP contribution >= 0.6 is 0 Å². The molecule has 0 atom stereocenters. The monoisotopic (exact) mass is 261 g/mol. The highest BCUT2D eigenvalue weighted by Crippen LogP contribution is 2.19. The van der Waals surface area contributed by atoms with Crippen LogP contribution in [0, 0.1) is 6.92 Å². The molecule has 2 heterocycles. The van der Waals surface area contributed by atoms with Crippen molar-refractivity contribution in [3.63, 3.8) is 0 Å².